The van der Waals surface area contributed by atoms with Crippen LogP contribution in [0.1, 0.15) is 43.7 Å². The molecular weight excluding hydrogens is 291 g/mol. The van der Waals surface area contributed by atoms with Gasteiger partial charge in [-0.05, 0) is 49.4 Å². The van der Waals surface area contributed by atoms with E-state index in [0.29, 0.717) is 17.6 Å². The second-order valence-electron chi connectivity index (χ2n) is 6.06. The number of hydrogen-bond donors (Lipinski definition) is 1. The first kappa shape index (κ1) is 14.6. The molecule has 0 spiro atoms. The Morgan fingerprint density at radius 3 is 2.75 bits per heavy atom. The molecule has 1 aliphatic carbocycles. The lowest BCUT2D eigenvalue weighted by Gasteiger charge is -2.37. The van der Waals surface area contributed by atoms with Crippen LogP contribution in [0, 0.1) is 5.92 Å². The van der Waals surface area contributed by atoms with E-state index in [2.05, 4.69) is 4.90 Å². The molecule has 2 N–H and O–H groups in total. The average molecular weight is 313 g/mol. The van der Waals surface area contributed by atoms with Crippen LogP contribution in [0.25, 0.3) is 0 Å². The Bertz CT molecular complexity index is 478. The monoisotopic (exact) mass is 312 g/mol. The van der Waals surface area contributed by atoms with Crippen molar-refractivity contribution < 1.29 is 0 Å². The largest absolute Gasteiger partial charge is 0.329 e. The first-order chi connectivity index (χ1) is 9.70. The van der Waals surface area contributed by atoms with Gasteiger partial charge in [0.05, 0.1) is 0 Å². The molecule has 3 unspecified atom stereocenters. The summed E-state index contributed by atoms with van der Waals surface area (Å²) < 4.78 is 0. The molecule has 1 aliphatic heterocycles. The minimum atomic E-state index is 0.230. The number of rotatable bonds is 3. The van der Waals surface area contributed by atoms with Crippen molar-refractivity contribution in [3.05, 3.63) is 33.8 Å². The molecule has 110 valence electrons. The van der Waals surface area contributed by atoms with Crippen LogP contribution >= 0.6 is 23.2 Å². The van der Waals surface area contributed by atoms with E-state index < -0.39 is 0 Å². The number of benzene rings is 1. The van der Waals surface area contributed by atoms with E-state index in [-0.39, 0.29) is 6.04 Å². The van der Waals surface area contributed by atoms with Gasteiger partial charge in [0.1, 0.15) is 0 Å². The van der Waals surface area contributed by atoms with Crippen LogP contribution in [-0.2, 0) is 0 Å². The van der Waals surface area contributed by atoms with Gasteiger partial charge in [0.15, 0.2) is 0 Å². The fourth-order valence-electron chi connectivity index (χ4n) is 4.04. The molecule has 0 radical (unpaired) electrons. The minimum Gasteiger partial charge on any atom is -0.329 e. The smallest absolute Gasteiger partial charge is 0.0488 e. The first-order valence-electron chi connectivity index (χ1n) is 7.61. The van der Waals surface area contributed by atoms with Gasteiger partial charge in [-0.3, -0.25) is 4.90 Å². The Morgan fingerprint density at radius 1 is 1.20 bits per heavy atom. The molecule has 0 bridgehead atoms. The zero-order chi connectivity index (χ0) is 14.1. The molecule has 3 rings (SSSR count). The van der Waals surface area contributed by atoms with E-state index in [0.717, 1.165) is 23.0 Å². The average Bonchev–Trinajstić information content (AvgIpc) is 2.86. The van der Waals surface area contributed by atoms with Gasteiger partial charge in [-0.15, -0.1) is 0 Å². The van der Waals surface area contributed by atoms with Gasteiger partial charge in [-0.1, -0.05) is 42.1 Å². The van der Waals surface area contributed by atoms with Crippen LogP contribution in [0.5, 0.6) is 0 Å². The Hall–Kier alpha value is -0.280. The van der Waals surface area contributed by atoms with Crippen LogP contribution in [-0.4, -0.2) is 24.0 Å². The maximum Gasteiger partial charge on any atom is 0.0488 e. The molecule has 2 aliphatic rings. The summed E-state index contributed by atoms with van der Waals surface area (Å²) in [7, 11) is 0. The highest BCUT2D eigenvalue weighted by Gasteiger charge is 2.39. The molecule has 1 saturated carbocycles. The summed E-state index contributed by atoms with van der Waals surface area (Å²) in [6.07, 6.45) is 6.75. The van der Waals surface area contributed by atoms with Crippen molar-refractivity contribution in [2.24, 2.45) is 11.7 Å². The molecule has 0 aromatic heterocycles. The summed E-state index contributed by atoms with van der Waals surface area (Å²) in [5.74, 6) is 0.865. The summed E-state index contributed by atoms with van der Waals surface area (Å²) in [5, 5.41) is 1.43. The quantitative estimate of drug-likeness (QED) is 0.903. The number of likely N-dealkylation sites (tertiary alicyclic amines) is 1. The van der Waals surface area contributed by atoms with Crippen LogP contribution in [0.2, 0.25) is 10.0 Å². The lowest BCUT2D eigenvalue weighted by molar-refractivity contribution is 0.135. The Morgan fingerprint density at radius 2 is 2.00 bits per heavy atom. The topological polar surface area (TPSA) is 29.3 Å². The molecule has 1 aromatic carbocycles. The van der Waals surface area contributed by atoms with Gasteiger partial charge in [0, 0.05) is 28.7 Å². The SMILES string of the molecule is NCC(c1ccc(Cl)cc1Cl)N1CCC2CCCCC21. The number of hydrogen-bond acceptors (Lipinski definition) is 2. The summed E-state index contributed by atoms with van der Waals surface area (Å²) in [6, 6.07) is 6.71. The van der Waals surface area contributed by atoms with Crippen molar-refractivity contribution in [1.82, 2.24) is 4.90 Å². The molecule has 2 fully saturated rings. The third-order valence-corrected chi connectivity index (χ3v) is 5.56. The molecule has 0 amide bonds. The molecule has 1 heterocycles. The first-order valence-corrected chi connectivity index (χ1v) is 8.37. The van der Waals surface area contributed by atoms with E-state index in [4.69, 9.17) is 28.9 Å². The zero-order valence-corrected chi connectivity index (χ0v) is 13.2. The molecule has 2 nitrogen and oxygen atoms in total. The van der Waals surface area contributed by atoms with Crippen molar-refractivity contribution in [3.8, 4) is 0 Å². The van der Waals surface area contributed by atoms with Crippen LogP contribution in [0.4, 0.5) is 0 Å². The molecule has 1 aromatic rings. The molecule has 1 saturated heterocycles. The van der Waals surface area contributed by atoms with Gasteiger partial charge < -0.3 is 5.73 Å². The summed E-state index contributed by atoms with van der Waals surface area (Å²) in [4.78, 5) is 2.60. The Labute approximate surface area is 131 Å². The van der Waals surface area contributed by atoms with Crippen molar-refractivity contribution >= 4 is 23.2 Å². The minimum absolute atomic E-state index is 0.230. The highest BCUT2D eigenvalue weighted by Crippen LogP contribution is 2.41. The maximum atomic E-state index is 6.39. The number of fused-ring (bicyclic) bond motifs is 1. The van der Waals surface area contributed by atoms with Crippen molar-refractivity contribution in [2.75, 3.05) is 13.1 Å². The van der Waals surface area contributed by atoms with Gasteiger partial charge >= 0.3 is 0 Å². The molecule has 3 atom stereocenters. The summed E-state index contributed by atoms with van der Waals surface area (Å²) in [6.45, 7) is 1.76. The van der Waals surface area contributed by atoms with E-state index >= 15 is 0 Å². The van der Waals surface area contributed by atoms with Gasteiger partial charge in [-0.25, -0.2) is 0 Å². The standard InChI is InChI=1S/C16H22Cl2N2/c17-12-5-6-13(14(18)9-12)16(10-19)20-8-7-11-3-1-2-4-15(11)20/h5-6,9,11,15-16H,1-4,7-8,10,19H2. The Kier molecular flexibility index (Phi) is 4.56. The zero-order valence-electron chi connectivity index (χ0n) is 11.7. The third-order valence-electron chi connectivity index (χ3n) is 5.00. The lowest BCUT2D eigenvalue weighted by Crippen LogP contribution is -2.40. The normalized spacial score (nSPS) is 28.4. The number of halogens is 2. The van der Waals surface area contributed by atoms with Crippen LogP contribution in [0.15, 0.2) is 18.2 Å². The predicted molar refractivity (Wildman–Crippen MR) is 85.3 cm³/mol. The molecule has 4 heteroatoms. The Balaban J connectivity index is 1.86. The third kappa shape index (κ3) is 2.71. The molecular formula is C16H22Cl2N2. The fourth-order valence-corrected chi connectivity index (χ4v) is 4.58. The highest BCUT2D eigenvalue weighted by atomic mass is 35.5. The fraction of sp³-hybridized carbons (Fsp3) is 0.625. The molecule has 20 heavy (non-hydrogen) atoms. The number of nitrogens with two attached hydrogens (primary N) is 1. The second-order valence-corrected chi connectivity index (χ2v) is 6.90. The van der Waals surface area contributed by atoms with Gasteiger partial charge in [0.2, 0.25) is 0 Å². The van der Waals surface area contributed by atoms with E-state index in [1.165, 1.54) is 32.1 Å². The summed E-state index contributed by atoms with van der Waals surface area (Å²) >= 11 is 12.4. The van der Waals surface area contributed by atoms with Crippen molar-refractivity contribution in [3.63, 3.8) is 0 Å². The van der Waals surface area contributed by atoms with Crippen molar-refractivity contribution in [2.45, 2.75) is 44.2 Å². The van der Waals surface area contributed by atoms with Crippen LogP contribution < -0.4 is 5.73 Å². The van der Waals surface area contributed by atoms with E-state index in [1.54, 1.807) is 0 Å². The predicted octanol–water partition coefficient (Wildman–Crippen LogP) is 4.26. The van der Waals surface area contributed by atoms with Gasteiger partial charge in [-0.2, -0.15) is 0 Å². The summed E-state index contributed by atoms with van der Waals surface area (Å²) in [5.41, 5.74) is 7.21. The van der Waals surface area contributed by atoms with Crippen LogP contribution in [0.3, 0.4) is 0 Å². The lowest BCUT2D eigenvalue weighted by atomic mass is 9.84. The van der Waals surface area contributed by atoms with Crippen molar-refractivity contribution in [1.29, 1.82) is 0 Å². The van der Waals surface area contributed by atoms with E-state index in [1.807, 2.05) is 18.2 Å². The van der Waals surface area contributed by atoms with E-state index in [9.17, 15) is 0 Å². The maximum absolute atomic E-state index is 6.39. The second kappa shape index (κ2) is 6.23. The van der Waals surface area contributed by atoms with Gasteiger partial charge in [0.25, 0.3) is 0 Å². The highest BCUT2D eigenvalue weighted by molar-refractivity contribution is 6.35. The number of nitrogens with zero attached hydrogens (tertiary/aromatic N) is 1.